The van der Waals surface area contributed by atoms with E-state index in [0.29, 0.717) is 33.7 Å². The van der Waals surface area contributed by atoms with Crippen LogP contribution < -0.4 is 20.5 Å². The molecule has 0 aliphatic rings. The Balaban J connectivity index is 1.92. The minimum atomic E-state index is -0.565. The first-order valence-electron chi connectivity index (χ1n) is 8.29. The van der Waals surface area contributed by atoms with Crippen LogP contribution in [0.25, 0.3) is 21.8 Å². The number of nitrogens with one attached hydrogen (secondary N) is 2. The van der Waals surface area contributed by atoms with Crippen LogP contribution in [0.2, 0.25) is 0 Å². The average molecular weight is 362 g/mol. The zero-order valence-corrected chi connectivity index (χ0v) is 14.9. The zero-order chi connectivity index (χ0) is 19.0. The minimum Gasteiger partial charge on any atom is -0.493 e. The lowest BCUT2D eigenvalue weighted by molar-refractivity contribution is 0.100. The SMILES string of the molecule is COc1cc2ncc(C(N)=O)c(Nc3ccc4[nH]ccc4c3)c2cc1OC. The molecule has 7 heteroatoms. The molecule has 7 nitrogen and oxygen atoms in total. The quantitative estimate of drug-likeness (QED) is 0.504. The smallest absolute Gasteiger partial charge is 0.252 e. The van der Waals surface area contributed by atoms with Crippen molar-refractivity contribution in [1.29, 1.82) is 0 Å². The topological polar surface area (TPSA) is 102 Å². The van der Waals surface area contributed by atoms with E-state index in [-0.39, 0.29) is 0 Å². The van der Waals surface area contributed by atoms with E-state index < -0.39 is 5.91 Å². The molecule has 2 aromatic heterocycles. The zero-order valence-electron chi connectivity index (χ0n) is 14.9. The fraction of sp³-hybridized carbons (Fsp3) is 0.100. The van der Waals surface area contributed by atoms with E-state index in [9.17, 15) is 4.79 Å². The van der Waals surface area contributed by atoms with Crippen molar-refractivity contribution in [2.75, 3.05) is 19.5 Å². The second-order valence-corrected chi connectivity index (χ2v) is 6.04. The van der Waals surface area contributed by atoms with E-state index in [1.807, 2.05) is 30.5 Å². The summed E-state index contributed by atoms with van der Waals surface area (Å²) in [4.78, 5) is 19.5. The van der Waals surface area contributed by atoms with E-state index in [1.165, 1.54) is 6.20 Å². The molecule has 0 atom stereocenters. The molecule has 4 rings (SSSR count). The highest BCUT2D eigenvalue weighted by Crippen LogP contribution is 2.37. The third-order valence-corrected chi connectivity index (χ3v) is 4.46. The largest absolute Gasteiger partial charge is 0.493 e. The molecule has 2 heterocycles. The van der Waals surface area contributed by atoms with Gasteiger partial charge in [0.15, 0.2) is 11.5 Å². The first kappa shape index (κ1) is 16.7. The molecule has 0 fully saturated rings. The van der Waals surface area contributed by atoms with Gasteiger partial charge in [-0.1, -0.05) is 0 Å². The summed E-state index contributed by atoms with van der Waals surface area (Å²) in [7, 11) is 3.12. The number of carbonyl (C=O) groups is 1. The molecular formula is C20H18N4O3. The van der Waals surface area contributed by atoms with Crippen molar-refractivity contribution >= 4 is 39.1 Å². The lowest BCUT2D eigenvalue weighted by Crippen LogP contribution is -2.14. The molecule has 0 unspecified atom stereocenters. The number of nitrogens with zero attached hydrogens (tertiary/aromatic N) is 1. The van der Waals surface area contributed by atoms with Crippen molar-refractivity contribution in [3.63, 3.8) is 0 Å². The second kappa shape index (κ2) is 6.53. The number of benzene rings is 2. The maximum absolute atomic E-state index is 12.0. The molecule has 0 radical (unpaired) electrons. The van der Waals surface area contributed by atoms with Crippen LogP contribution in [0.3, 0.4) is 0 Å². The number of aromatic nitrogens is 2. The normalized spacial score (nSPS) is 10.9. The van der Waals surface area contributed by atoms with Gasteiger partial charge in [-0.15, -0.1) is 0 Å². The summed E-state index contributed by atoms with van der Waals surface area (Å²) in [5.74, 6) is 0.533. The van der Waals surface area contributed by atoms with Crippen LogP contribution in [0.4, 0.5) is 11.4 Å². The Morgan fingerprint density at radius 1 is 1.11 bits per heavy atom. The number of anilines is 2. The van der Waals surface area contributed by atoms with Gasteiger partial charge in [0.2, 0.25) is 0 Å². The number of ether oxygens (including phenoxy) is 2. The molecule has 0 saturated carbocycles. The molecule has 4 N–H and O–H groups in total. The third-order valence-electron chi connectivity index (χ3n) is 4.46. The van der Waals surface area contributed by atoms with Gasteiger partial charge in [0.05, 0.1) is 31.0 Å². The summed E-state index contributed by atoms with van der Waals surface area (Å²) < 4.78 is 10.7. The fourth-order valence-corrected chi connectivity index (χ4v) is 3.12. The number of rotatable bonds is 5. The van der Waals surface area contributed by atoms with Gasteiger partial charge >= 0.3 is 0 Å². The number of pyridine rings is 1. The number of primary amides is 1. The van der Waals surface area contributed by atoms with Gasteiger partial charge in [-0.3, -0.25) is 9.78 Å². The molecule has 0 bridgehead atoms. The van der Waals surface area contributed by atoms with Gasteiger partial charge in [0, 0.05) is 40.4 Å². The number of hydrogen-bond acceptors (Lipinski definition) is 5. The average Bonchev–Trinajstić information content (AvgIpc) is 3.14. The monoisotopic (exact) mass is 362 g/mol. The lowest BCUT2D eigenvalue weighted by atomic mass is 10.1. The van der Waals surface area contributed by atoms with Gasteiger partial charge in [-0.05, 0) is 30.3 Å². The van der Waals surface area contributed by atoms with Crippen molar-refractivity contribution < 1.29 is 14.3 Å². The Kier molecular flexibility index (Phi) is 4.04. The van der Waals surface area contributed by atoms with E-state index in [1.54, 1.807) is 26.4 Å². The predicted molar refractivity (Wildman–Crippen MR) is 105 cm³/mol. The van der Waals surface area contributed by atoms with E-state index in [0.717, 1.165) is 16.6 Å². The van der Waals surface area contributed by atoms with E-state index >= 15 is 0 Å². The molecule has 136 valence electrons. The number of H-pyrrole nitrogens is 1. The Bertz CT molecular complexity index is 1170. The number of hydrogen-bond donors (Lipinski definition) is 3. The number of carbonyl (C=O) groups excluding carboxylic acids is 1. The standard InChI is InChI=1S/C20H18N4O3/c1-26-17-8-13-16(9-18(17)27-2)23-10-14(20(21)25)19(13)24-12-3-4-15-11(7-12)5-6-22-15/h3-10,22H,1-2H3,(H2,21,25)(H,23,24). The number of nitrogens with two attached hydrogens (primary N) is 1. The van der Waals surface area contributed by atoms with Crippen LogP contribution in [-0.4, -0.2) is 30.1 Å². The molecule has 2 aromatic carbocycles. The maximum Gasteiger partial charge on any atom is 0.252 e. The number of aromatic amines is 1. The van der Waals surface area contributed by atoms with Crippen LogP contribution in [0.1, 0.15) is 10.4 Å². The molecule has 0 aliphatic heterocycles. The molecule has 0 spiro atoms. The van der Waals surface area contributed by atoms with Gasteiger partial charge in [-0.2, -0.15) is 0 Å². The lowest BCUT2D eigenvalue weighted by Gasteiger charge is -2.15. The predicted octanol–water partition coefficient (Wildman–Crippen LogP) is 3.58. The molecule has 0 aliphatic carbocycles. The van der Waals surface area contributed by atoms with Crippen LogP contribution in [0.15, 0.2) is 48.8 Å². The molecule has 27 heavy (non-hydrogen) atoms. The van der Waals surface area contributed by atoms with Gasteiger partial charge in [0.1, 0.15) is 0 Å². The molecule has 4 aromatic rings. The first-order chi connectivity index (χ1) is 13.1. The highest BCUT2D eigenvalue weighted by atomic mass is 16.5. The summed E-state index contributed by atoms with van der Waals surface area (Å²) in [6, 6.07) is 11.4. The van der Waals surface area contributed by atoms with Gasteiger partial charge < -0.3 is 25.5 Å². The Hall–Kier alpha value is -3.74. The molecule has 0 saturated heterocycles. The highest BCUT2D eigenvalue weighted by molar-refractivity contribution is 6.08. The Morgan fingerprint density at radius 2 is 1.89 bits per heavy atom. The Morgan fingerprint density at radius 3 is 2.63 bits per heavy atom. The van der Waals surface area contributed by atoms with Crippen molar-refractivity contribution in [1.82, 2.24) is 9.97 Å². The maximum atomic E-state index is 12.0. The van der Waals surface area contributed by atoms with Crippen LogP contribution in [0.5, 0.6) is 11.5 Å². The minimum absolute atomic E-state index is 0.295. The summed E-state index contributed by atoms with van der Waals surface area (Å²) in [6.45, 7) is 0. The number of fused-ring (bicyclic) bond motifs is 2. The number of amides is 1. The van der Waals surface area contributed by atoms with Crippen molar-refractivity contribution in [3.05, 3.63) is 54.4 Å². The summed E-state index contributed by atoms with van der Waals surface area (Å²) in [5, 5.41) is 5.08. The number of methoxy groups -OCH3 is 2. The Labute approximate surface area is 155 Å². The van der Waals surface area contributed by atoms with Crippen LogP contribution in [0, 0.1) is 0 Å². The van der Waals surface area contributed by atoms with Gasteiger partial charge in [0.25, 0.3) is 5.91 Å². The van der Waals surface area contributed by atoms with E-state index in [2.05, 4.69) is 15.3 Å². The van der Waals surface area contributed by atoms with Gasteiger partial charge in [-0.25, -0.2) is 0 Å². The molecular weight excluding hydrogens is 344 g/mol. The molecule has 1 amide bonds. The van der Waals surface area contributed by atoms with Crippen molar-refractivity contribution in [2.45, 2.75) is 0 Å². The summed E-state index contributed by atoms with van der Waals surface area (Å²) >= 11 is 0. The third kappa shape index (κ3) is 2.89. The second-order valence-electron chi connectivity index (χ2n) is 6.04. The van der Waals surface area contributed by atoms with Crippen molar-refractivity contribution in [2.24, 2.45) is 5.73 Å². The summed E-state index contributed by atoms with van der Waals surface area (Å²) in [5.41, 5.74) is 8.96. The van der Waals surface area contributed by atoms with Crippen LogP contribution in [-0.2, 0) is 0 Å². The highest BCUT2D eigenvalue weighted by Gasteiger charge is 2.17. The van der Waals surface area contributed by atoms with E-state index in [4.69, 9.17) is 15.2 Å². The first-order valence-corrected chi connectivity index (χ1v) is 8.29. The van der Waals surface area contributed by atoms with Crippen LogP contribution >= 0.6 is 0 Å². The van der Waals surface area contributed by atoms with Crippen molar-refractivity contribution in [3.8, 4) is 11.5 Å². The fourth-order valence-electron chi connectivity index (χ4n) is 3.12. The summed E-state index contributed by atoms with van der Waals surface area (Å²) in [6.07, 6.45) is 3.34.